The number of hydrogen-bond acceptors (Lipinski definition) is 6. The third kappa shape index (κ3) is 3.24. The maximum atomic E-state index is 12.7. The van der Waals surface area contributed by atoms with Crippen LogP contribution in [0.4, 0.5) is 0 Å². The molecule has 3 atom stereocenters. The van der Waals surface area contributed by atoms with Crippen molar-refractivity contribution in [1.82, 2.24) is 15.0 Å². The maximum absolute atomic E-state index is 12.7. The molecule has 0 radical (unpaired) electrons. The van der Waals surface area contributed by atoms with E-state index in [2.05, 4.69) is 10.1 Å². The standard InChI is InChI=1S/C14H24N4O3/c1-8-16-12(21-17-8)10-6-9(20-5)7-18(10)13(19)11(15)14(2,3)4/h9-11H,6-7,15H2,1-5H3/t9-,10+,11+/m0/s1. The zero-order valence-corrected chi connectivity index (χ0v) is 13.3. The summed E-state index contributed by atoms with van der Waals surface area (Å²) in [7, 11) is 1.64. The fourth-order valence-electron chi connectivity index (χ4n) is 2.44. The molecule has 0 aromatic carbocycles. The molecular formula is C14H24N4O3. The minimum atomic E-state index is -0.584. The van der Waals surface area contributed by atoms with Crippen molar-refractivity contribution in [2.75, 3.05) is 13.7 Å². The fourth-order valence-corrected chi connectivity index (χ4v) is 2.44. The summed E-state index contributed by atoms with van der Waals surface area (Å²) in [6.45, 7) is 8.09. The third-order valence-electron chi connectivity index (χ3n) is 3.91. The minimum Gasteiger partial charge on any atom is -0.380 e. The first-order chi connectivity index (χ1) is 9.74. The number of aryl methyl sites for hydroxylation is 1. The molecule has 1 aromatic rings. The summed E-state index contributed by atoms with van der Waals surface area (Å²) in [4.78, 5) is 18.7. The van der Waals surface area contributed by atoms with Crippen molar-refractivity contribution in [2.45, 2.75) is 52.3 Å². The fraction of sp³-hybridized carbons (Fsp3) is 0.786. The van der Waals surface area contributed by atoms with Gasteiger partial charge in [-0.25, -0.2) is 0 Å². The lowest BCUT2D eigenvalue weighted by Gasteiger charge is -2.31. The number of ether oxygens (including phenoxy) is 1. The van der Waals surface area contributed by atoms with Crippen LogP contribution in [0.15, 0.2) is 4.52 Å². The van der Waals surface area contributed by atoms with Gasteiger partial charge in [-0.05, 0) is 12.3 Å². The van der Waals surface area contributed by atoms with Crippen molar-refractivity contribution in [3.63, 3.8) is 0 Å². The summed E-state index contributed by atoms with van der Waals surface area (Å²) in [5.41, 5.74) is 5.80. The first-order valence-electron chi connectivity index (χ1n) is 7.13. The molecule has 2 N–H and O–H groups in total. The van der Waals surface area contributed by atoms with Gasteiger partial charge in [-0.15, -0.1) is 0 Å². The second kappa shape index (κ2) is 5.73. The summed E-state index contributed by atoms with van der Waals surface area (Å²) in [6.07, 6.45) is 0.596. The quantitative estimate of drug-likeness (QED) is 0.895. The molecule has 0 bridgehead atoms. The van der Waals surface area contributed by atoms with E-state index < -0.39 is 6.04 Å². The molecule has 1 fully saturated rings. The lowest BCUT2D eigenvalue weighted by Crippen LogP contribution is -2.50. The lowest BCUT2D eigenvalue weighted by atomic mass is 9.86. The number of carbonyl (C=O) groups excluding carboxylic acids is 1. The van der Waals surface area contributed by atoms with Crippen LogP contribution in [0, 0.1) is 12.3 Å². The minimum absolute atomic E-state index is 0.0432. The van der Waals surface area contributed by atoms with Gasteiger partial charge in [-0.1, -0.05) is 25.9 Å². The SMILES string of the molecule is CO[C@H]1C[C@H](c2nc(C)no2)N(C(=O)[C@@H](N)C(C)(C)C)C1. The number of amides is 1. The number of methoxy groups -OCH3 is 1. The Morgan fingerprint density at radius 3 is 2.67 bits per heavy atom. The van der Waals surface area contributed by atoms with Crippen molar-refractivity contribution >= 4 is 5.91 Å². The Bertz CT molecular complexity index is 509. The molecular weight excluding hydrogens is 272 g/mol. The highest BCUT2D eigenvalue weighted by Crippen LogP contribution is 2.34. The van der Waals surface area contributed by atoms with Crippen LogP contribution < -0.4 is 5.73 Å². The van der Waals surface area contributed by atoms with Gasteiger partial charge in [-0.3, -0.25) is 4.79 Å². The Balaban J connectivity index is 2.24. The largest absolute Gasteiger partial charge is 0.380 e. The maximum Gasteiger partial charge on any atom is 0.249 e. The Hall–Kier alpha value is -1.47. The van der Waals surface area contributed by atoms with Crippen LogP contribution in [0.3, 0.4) is 0 Å². The summed E-state index contributed by atoms with van der Waals surface area (Å²) in [5.74, 6) is 0.891. The van der Waals surface area contributed by atoms with E-state index >= 15 is 0 Å². The molecule has 118 valence electrons. The second-order valence-corrected chi connectivity index (χ2v) is 6.62. The highest BCUT2D eigenvalue weighted by atomic mass is 16.5. The molecule has 1 saturated heterocycles. The van der Waals surface area contributed by atoms with Crippen LogP contribution in [0.5, 0.6) is 0 Å². The zero-order valence-electron chi connectivity index (χ0n) is 13.3. The molecule has 0 unspecified atom stereocenters. The number of aromatic nitrogens is 2. The van der Waals surface area contributed by atoms with E-state index in [0.29, 0.717) is 24.7 Å². The van der Waals surface area contributed by atoms with Gasteiger partial charge < -0.3 is 19.9 Å². The van der Waals surface area contributed by atoms with E-state index in [0.717, 1.165) is 0 Å². The van der Waals surface area contributed by atoms with E-state index in [-0.39, 0.29) is 23.5 Å². The predicted octanol–water partition coefficient (Wildman–Crippen LogP) is 1.04. The molecule has 1 amide bonds. The van der Waals surface area contributed by atoms with Gasteiger partial charge in [0.05, 0.1) is 12.1 Å². The molecule has 1 aliphatic heterocycles. The molecule has 0 aliphatic carbocycles. The van der Waals surface area contributed by atoms with Gasteiger partial charge in [0.2, 0.25) is 11.8 Å². The number of likely N-dealkylation sites (tertiary alicyclic amines) is 1. The first-order valence-corrected chi connectivity index (χ1v) is 7.13. The van der Waals surface area contributed by atoms with Crippen LogP contribution in [-0.2, 0) is 9.53 Å². The topological polar surface area (TPSA) is 94.5 Å². The molecule has 7 heteroatoms. The van der Waals surface area contributed by atoms with Crippen LogP contribution in [0.1, 0.15) is 44.9 Å². The summed E-state index contributed by atoms with van der Waals surface area (Å²) in [6, 6.07) is -0.850. The second-order valence-electron chi connectivity index (χ2n) is 6.62. The Morgan fingerprint density at radius 1 is 1.52 bits per heavy atom. The molecule has 0 spiro atoms. The van der Waals surface area contributed by atoms with Crippen LogP contribution in [0.25, 0.3) is 0 Å². The van der Waals surface area contributed by atoms with Crippen LogP contribution in [-0.4, -0.2) is 46.7 Å². The molecule has 2 heterocycles. The van der Waals surface area contributed by atoms with Crippen molar-refractivity contribution in [1.29, 1.82) is 0 Å². The number of rotatable bonds is 3. The van der Waals surface area contributed by atoms with Gasteiger partial charge >= 0.3 is 0 Å². The van der Waals surface area contributed by atoms with Crippen molar-refractivity contribution in [2.24, 2.45) is 11.1 Å². The van der Waals surface area contributed by atoms with E-state index in [9.17, 15) is 4.79 Å². The predicted molar refractivity (Wildman–Crippen MR) is 76.3 cm³/mol. The Morgan fingerprint density at radius 2 is 2.19 bits per heavy atom. The molecule has 21 heavy (non-hydrogen) atoms. The monoisotopic (exact) mass is 296 g/mol. The number of nitrogens with two attached hydrogens (primary N) is 1. The molecule has 1 aliphatic rings. The molecule has 1 aromatic heterocycles. The Labute approximate surface area is 124 Å². The smallest absolute Gasteiger partial charge is 0.249 e. The highest BCUT2D eigenvalue weighted by Gasteiger charge is 2.43. The Kier molecular flexibility index (Phi) is 4.34. The summed E-state index contributed by atoms with van der Waals surface area (Å²) < 4.78 is 10.6. The molecule has 2 rings (SSSR count). The third-order valence-corrected chi connectivity index (χ3v) is 3.91. The van der Waals surface area contributed by atoms with E-state index in [1.807, 2.05) is 20.8 Å². The summed E-state index contributed by atoms with van der Waals surface area (Å²) in [5, 5.41) is 3.80. The van der Waals surface area contributed by atoms with Crippen molar-refractivity contribution < 1.29 is 14.1 Å². The van der Waals surface area contributed by atoms with Gasteiger partial charge in [0.15, 0.2) is 5.82 Å². The zero-order chi connectivity index (χ0) is 15.8. The highest BCUT2D eigenvalue weighted by molar-refractivity contribution is 5.83. The average molecular weight is 296 g/mol. The van der Waals surface area contributed by atoms with Crippen LogP contribution >= 0.6 is 0 Å². The van der Waals surface area contributed by atoms with Crippen molar-refractivity contribution in [3.05, 3.63) is 11.7 Å². The summed E-state index contributed by atoms with van der Waals surface area (Å²) >= 11 is 0. The number of hydrogen-bond donors (Lipinski definition) is 1. The molecule has 7 nitrogen and oxygen atoms in total. The lowest BCUT2D eigenvalue weighted by molar-refractivity contribution is -0.136. The van der Waals surface area contributed by atoms with E-state index in [1.54, 1.807) is 18.9 Å². The van der Waals surface area contributed by atoms with Gasteiger partial charge in [0.25, 0.3) is 0 Å². The number of nitrogens with zero attached hydrogens (tertiary/aromatic N) is 3. The van der Waals surface area contributed by atoms with Gasteiger partial charge in [0, 0.05) is 20.1 Å². The van der Waals surface area contributed by atoms with Gasteiger partial charge in [0.1, 0.15) is 6.04 Å². The first kappa shape index (κ1) is 15.9. The van der Waals surface area contributed by atoms with Crippen LogP contribution in [0.2, 0.25) is 0 Å². The molecule has 0 saturated carbocycles. The van der Waals surface area contributed by atoms with E-state index in [4.69, 9.17) is 15.0 Å². The normalized spacial score (nSPS) is 24.4. The van der Waals surface area contributed by atoms with Crippen molar-refractivity contribution in [3.8, 4) is 0 Å². The van der Waals surface area contributed by atoms with E-state index in [1.165, 1.54) is 0 Å². The number of carbonyl (C=O) groups is 1. The van der Waals surface area contributed by atoms with Gasteiger partial charge in [-0.2, -0.15) is 4.98 Å². The average Bonchev–Trinajstić information content (AvgIpc) is 3.01.